The first kappa shape index (κ1) is 24.5. The fourth-order valence-electron chi connectivity index (χ4n) is 3.59. The Morgan fingerprint density at radius 1 is 1.00 bits per heavy atom. The van der Waals surface area contributed by atoms with Gasteiger partial charge in [0.2, 0.25) is 5.82 Å². The number of para-hydroxylation sites is 1. The van der Waals surface area contributed by atoms with Crippen LogP contribution in [0.25, 0.3) is 0 Å². The molecule has 0 fully saturated rings. The molecule has 0 aliphatic carbocycles. The number of hydrogen-bond acceptors (Lipinski definition) is 6. The minimum absolute atomic E-state index is 0.0799. The van der Waals surface area contributed by atoms with E-state index in [2.05, 4.69) is 15.3 Å². The third-order valence-corrected chi connectivity index (χ3v) is 5.12. The quantitative estimate of drug-likeness (QED) is 0.453. The molecule has 0 radical (unpaired) electrons. The zero-order valence-electron chi connectivity index (χ0n) is 20.7. The van der Waals surface area contributed by atoms with Crippen LogP contribution in [-0.2, 0) is 18.8 Å². The highest BCUT2D eigenvalue weighted by Gasteiger charge is 2.27. The molecule has 0 saturated heterocycles. The van der Waals surface area contributed by atoms with Crippen LogP contribution in [0.3, 0.4) is 0 Å². The molecule has 1 N–H and O–H groups in total. The molecular weight excluding hydrogens is 462 g/mol. The van der Waals surface area contributed by atoms with Crippen molar-refractivity contribution in [2.75, 3.05) is 10.2 Å². The number of nitrogens with zero attached hydrogens (tertiary/aromatic N) is 6. The number of amides is 2. The first-order valence-electron chi connectivity index (χ1n) is 11.2. The molecule has 1 aromatic carbocycles. The Morgan fingerprint density at radius 3 is 2.36 bits per heavy atom. The third kappa shape index (κ3) is 5.19. The molecule has 0 aliphatic heterocycles. The molecule has 186 valence electrons. The van der Waals surface area contributed by atoms with E-state index < -0.39 is 17.6 Å². The van der Waals surface area contributed by atoms with E-state index in [9.17, 15) is 14.4 Å². The fourth-order valence-corrected chi connectivity index (χ4v) is 3.59. The molecule has 4 aromatic rings. The number of nitrogens with one attached hydrogen (secondary N) is 1. The summed E-state index contributed by atoms with van der Waals surface area (Å²) in [6, 6.07) is 10.7. The van der Waals surface area contributed by atoms with Crippen molar-refractivity contribution in [3.8, 4) is 0 Å². The summed E-state index contributed by atoms with van der Waals surface area (Å²) in [4.78, 5) is 48.6. The number of aromatic nitrogens is 5. The Balaban J connectivity index is 1.69. The van der Waals surface area contributed by atoms with Crippen molar-refractivity contribution in [1.82, 2.24) is 23.7 Å². The smallest absolute Gasteiger partial charge is 0.413 e. The number of aryl methyl sites for hydroxylation is 2. The van der Waals surface area contributed by atoms with Gasteiger partial charge in [-0.05, 0) is 39.0 Å². The van der Waals surface area contributed by atoms with E-state index in [1.165, 1.54) is 32.8 Å². The van der Waals surface area contributed by atoms with Crippen molar-refractivity contribution in [3.05, 3.63) is 79.0 Å². The van der Waals surface area contributed by atoms with Gasteiger partial charge < -0.3 is 13.9 Å². The van der Waals surface area contributed by atoms with Crippen LogP contribution in [0.4, 0.5) is 22.0 Å². The van der Waals surface area contributed by atoms with Gasteiger partial charge in [0, 0.05) is 44.6 Å². The Morgan fingerprint density at radius 2 is 1.72 bits per heavy atom. The van der Waals surface area contributed by atoms with Crippen LogP contribution < -0.4 is 10.2 Å². The lowest BCUT2D eigenvalue weighted by atomic mass is 10.2. The summed E-state index contributed by atoms with van der Waals surface area (Å²) < 4.78 is 9.80. The summed E-state index contributed by atoms with van der Waals surface area (Å²) in [5.41, 5.74) is 0.742. The van der Waals surface area contributed by atoms with E-state index in [1.54, 1.807) is 70.0 Å². The molecule has 4 rings (SSSR count). The lowest BCUT2D eigenvalue weighted by Crippen LogP contribution is -2.28. The summed E-state index contributed by atoms with van der Waals surface area (Å²) in [6.45, 7) is 5.26. The normalized spacial score (nSPS) is 11.2. The van der Waals surface area contributed by atoms with E-state index in [-0.39, 0.29) is 17.5 Å². The molecule has 3 heterocycles. The largest absolute Gasteiger partial charge is 0.444 e. The Bertz CT molecular complexity index is 1400. The van der Waals surface area contributed by atoms with Gasteiger partial charge in [0.05, 0.1) is 5.69 Å². The maximum absolute atomic E-state index is 13.8. The SMILES string of the molecule is Cn1cc(N(C(=O)c2nc(NC(=O)OC(C)(C)C)cn2C)c2ccccc2)cc1C(=O)n1ccnc1. The van der Waals surface area contributed by atoms with Crippen molar-refractivity contribution in [1.29, 1.82) is 0 Å². The number of carbonyl (C=O) groups excluding carboxylic acids is 3. The first-order chi connectivity index (χ1) is 17.0. The van der Waals surface area contributed by atoms with Crippen LogP contribution >= 0.6 is 0 Å². The monoisotopic (exact) mass is 489 g/mol. The fraction of sp³-hybridized carbons (Fsp3) is 0.240. The molecule has 0 aliphatic rings. The highest BCUT2D eigenvalue weighted by atomic mass is 16.6. The zero-order chi connectivity index (χ0) is 26.0. The van der Waals surface area contributed by atoms with Crippen LogP contribution in [0.5, 0.6) is 0 Å². The number of anilines is 3. The Hall–Kier alpha value is -4.67. The second-order valence-electron chi connectivity index (χ2n) is 9.13. The van der Waals surface area contributed by atoms with Crippen LogP contribution in [0, 0.1) is 0 Å². The number of benzene rings is 1. The van der Waals surface area contributed by atoms with E-state index in [1.807, 2.05) is 18.2 Å². The minimum atomic E-state index is -0.680. The van der Waals surface area contributed by atoms with E-state index in [4.69, 9.17) is 4.74 Å². The molecular formula is C25H27N7O4. The molecule has 0 saturated carbocycles. The summed E-state index contributed by atoms with van der Waals surface area (Å²) in [5.74, 6) is -0.487. The second kappa shape index (κ2) is 9.53. The van der Waals surface area contributed by atoms with Crippen LogP contribution in [0.2, 0.25) is 0 Å². The molecule has 3 aromatic heterocycles. The molecule has 11 heteroatoms. The second-order valence-corrected chi connectivity index (χ2v) is 9.13. The van der Waals surface area contributed by atoms with Gasteiger partial charge in [0.1, 0.15) is 17.6 Å². The van der Waals surface area contributed by atoms with Crippen molar-refractivity contribution in [3.63, 3.8) is 0 Å². The van der Waals surface area contributed by atoms with E-state index in [0.717, 1.165) is 0 Å². The Kier molecular flexibility index (Phi) is 6.47. The van der Waals surface area contributed by atoms with Crippen molar-refractivity contribution >= 4 is 35.1 Å². The molecule has 0 atom stereocenters. The number of ether oxygens (including phenoxy) is 1. The molecule has 11 nitrogen and oxygen atoms in total. The molecule has 0 unspecified atom stereocenters. The molecule has 36 heavy (non-hydrogen) atoms. The standard InChI is InChI=1S/C25H27N7O4/c1-25(2,3)36-24(35)28-20-15-30(5)21(27-20)23(34)32(17-9-7-6-8-10-17)18-13-19(29(4)14-18)22(33)31-12-11-26-16-31/h6-16H,1-5H3,(H,28,35). The number of rotatable bonds is 5. The lowest BCUT2D eigenvalue weighted by molar-refractivity contribution is 0.0634. The van der Waals surface area contributed by atoms with Gasteiger partial charge in [-0.3, -0.25) is 24.4 Å². The molecule has 0 bridgehead atoms. The maximum Gasteiger partial charge on any atom is 0.413 e. The van der Waals surface area contributed by atoms with Crippen LogP contribution in [0.1, 0.15) is 41.9 Å². The average Bonchev–Trinajstić information content (AvgIpc) is 3.53. The third-order valence-electron chi connectivity index (χ3n) is 5.12. The predicted molar refractivity (Wildman–Crippen MR) is 133 cm³/mol. The van der Waals surface area contributed by atoms with Gasteiger partial charge in [-0.25, -0.2) is 14.8 Å². The summed E-state index contributed by atoms with van der Waals surface area (Å²) >= 11 is 0. The molecule has 2 amide bonds. The highest BCUT2D eigenvalue weighted by molar-refractivity contribution is 6.10. The van der Waals surface area contributed by atoms with E-state index in [0.29, 0.717) is 17.1 Å². The van der Waals surface area contributed by atoms with Crippen LogP contribution in [0.15, 0.2) is 67.5 Å². The van der Waals surface area contributed by atoms with Crippen molar-refractivity contribution in [2.24, 2.45) is 14.1 Å². The van der Waals surface area contributed by atoms with Gasteiger partial charge in [-0.2, -0.15) is 0 Å². The van der Waals surface area contributed by atoms with Gasteiger partial charge in [0.15, 0.2) is 5.82 Å². The van der Waals surface area contributed by atoms with Crippen molar-refractivity contribution in [2.45, 2.75) is 26.4 Å². The van der Waals surface area contributed by atoms with E-state index >= 15 is 0 Å². The minimum Gasteiger partial charge on any atom is -0.444 e. The van der Waals surface area contributed by atoms with Crippen molar-refractivity contribution < 1.29 is 19.1 Å². The van der Waals surface area contributed by atoms with Gasteiger partial charge >= 0.3 is 6.09 Å². The zero-order valence-corrected chi connectivity index (χ0v) is 20.7. The maximum atomic E-state index is 13.8. The molecule has 0 spiro atoms. The average molecular weight is 490 g/mol. The van der Waals surface area contributed by atoms with Crippen LogP contribution in [-0.4, -0.2) is 47.2 Å². The lowest BCUT2D eigenvalue weighted by Gasteiger charge is -2.21. The van der Waals surface area contributed by atoms with Gasteiger partial charge in [0.25, 0.3) is 11.8 Å². The highest BCUT2D eigenvalue weighted by Crippen LogP contribution is 2.29. The number of imidazole rings is 2. The van der Waals surface area contributed by atoms with Gasteiger partial charge in [-0.1, -0.05) is 18.2 Å². The predicted octanol–water partition coefficient (Wildman–Crippen LogP) is 3.97. The van der Waals surface area contributed by atoms with Gasteiger partial charge in [-0.15, -0.1) is 0 Å². The number of hydrogen-bond donors (Lipinski definition) is 1. The summed E-state index contributed by atoms with van der Waals surface area (Å²) in [5, 5.41) is 2.56. The topological polar surface area (TPSA) is 116 Å². The first-order valence-corrected chi connectivity index (χ1v) is 11.2. The Labute approximate surface area is 207 Å². The number of carbonyl (C=O) groups is 3. The summed E-state index contributed by atoms with van der Waals surface area (Å²) in [6.07, 6.45) is 7.04. The summed E-state index contributed by atoms with van der Waals surface area (Å²) in [7, 11) is 3.38.